The summed E-state index contributed by atoms with van der Waals surface area (Å²) in [7, 11) is 0. The molecule has 0 aliphatic carbocycles. The van der Waals surface area contributed by atoms with Crippen LogP contribution in [0.2, 0.25) is 0 Å². The normalized spacial score (nSPS) is 15.1. The minimum absolute atomic E-state index is 0.392. The van der Waals surface area contributed by atoms with E-state index in [-0.39, 0.29) is 0 Å². The molecule has 0 unspecified atom stereocenters. The molecule has 0 spiro atoms. The SMILES string of the molecule is Fc1cc(Br)c(CNC2=NCCCN2)cc1F. The van der Waals surface area contributed by atoms with Crippen LogP contribution in [0.25, 0.3) is 0 Å². The summed E-state index contributed by atoms with van der Waals surface area (Å²) in [6, 6.07) is 2.30. The van der Waals surface area contributed by atoms with Gasteiger partial charge in [-0.1, -0.05) is 15.9 Å². The fourth-order valence-electron chi connectivity index (χ4n) is 1.53. The molecule has 6 heteroatoms. The van der Waals surface area contributed by atoms with Gasteiger partial charge in [-0.25, -0.2) is 8.78 Å². The number of nitrogens with zero attached hydrogens (tertiary/aromatic N) is 1. The van der Waals surface area contributed by atoms with Crippen molar-refractivity contribution in [3.8, 4) is 0 Å². The maximum absolute atomic E-state index is 13.1. The maximum atomic E-state index is 13.1. The zero-order valence-corrected chi connectivity index (χ0v) is 10.7. The average Bonchev–Trinajstić information content (AvgIpc) is 2.33. The third kappa shape index (κ3) is 3.15. The molecule has 0 fully saturated rings. The van der Waals surface area contributed by atoms with E-state index >= 15 is 0 Å². The Morgan fingerprint density at radius 1 is 1.35 bits per heavy atom. The first kappa shape index (κ1) is 12.3. The summed E-state index contributed by atoms with van der Waals surface area (Å²) in [4.78, 5) is 4.23. The second kappa shape index (κ2) is 5.44. The molecule has 0 aromatic heterocycles. The number of hydrogen-bond donors (Lipinski definition) is 2. The molecular weight excluding hydrogens is 292 g/mol. The van der Waals surface area contributed by atoms with Crippen LogP contribution in [0.1, 0.15) is 12.0 Å². The Balaban J connectivity index is 2.03. The van der Waals surface area contributed by atoms with Crippen molar-refractivity contribution in [2.24, 2.45) is 4.99 Å². The molecule has 1 aromatic rings. The standard InChI is InChI=1S/C11H12BrF2N3/c12-8-5-10(14)9(13)4-7(8)6-17-11-15-2-1-3-16-11/h4-5H,1-3,6H2,(H2,15,16,17). The van der Waals surface area contributed by atoms with Gasteiger partial charge in [-0.3, -0.25) is 4.99 Å². The monoisotopic (exact) mass is 303 g/mol. The lowest BCUT2D eigenvalue weighted by molar-refractivity contribution is 0.506. The van der Waals surface area contributed by atoms with Crippen molar-refractivity contribution in [3.63, 3.8) is 0 Å². The quantitative estimate of drug-likeness (QED) is 0.822. The van der Waals surface area contributed by atoms with E-state index in [4.69, 9.17) is 0 Å². The molecule has 0 radical (unpaired) electrons. The Morgan fingerprint density at radius 3 is 2.82 bits per heavy atom. The van der Waals surface area contributed by atoms with Gasteiger partial charge < -0.3 is 10.6 Å². The molecule has 92 valence electrons. The third-order valence-electron chi connectivity index (χ3n) is 2.43. The smallest absolute Gasteiger partial charge is 0.191 e. The van der Waals surface area contributed by atoms with Crippen molar-refractivity contribution in [1.82, 2.24) is 10.6 Å². The van der Waals surface area contributed by atoms with Crippen molar-refractivity contribution >= 4 is 21.9 Å². The summed E-state index contributed by atoms with van der Waals surface area (Å²) >= 11 is 3.20. The van der Waals surface area contributed by atoms with Gasteiger partial charge >= 0.3 is 0 Å². The van der Waals surface area contributed by atoms with Gasteiger partial charge in [-0.15, -0.1) is 0 Å². The molecule has 1 heterocycles. The fraction of sp³-hybridized carbons (Fsp3) is 0.364. The Labute approximate surface area is 106 Å². The van der Waals surface area contributed by atoms with Crippen LogP contribution in [0.5, 0.6) is 0 Å². The summed E-state index contributed by atoms with van der Waals surface area (Å²) in [5.41, 5.74) is 0.652. The highest BCUT2D eigenvalue weighted by molar-refractivity contribution is 9.10. The zero-order valence-electron chi connectivity index (χ0n) is 9.06. The number of rotatable bonds is 2. The van der Waals surface area contributed by atoms with Crippen LogP contribution in [0.4, 0.5) is 8.78 Å². The summed E-state index contributed by atoms with van der Waals surface area (Å²) in [6.07, 6.45) is 1.01. The first-order chi connectivity index (χ1) is 8.16. The predicted octanol–water partition coefficient (Wildman–Crippen LogP) is 2.17. The molecule has 0 saturated carbocycles. The second-order valence-electron chi connectivity index (χ2n) is 3.72. The van der Waals surface area contributed by atoms with E-state index in [2.05, 4.69) is 31.6 Å². The van der Waals surface area contributed by atoms with Crippen molar-refractivity contribution in [2.75, 3.05) is 13.1 Å². The van der Waals surface area contributed by atoms with Gasteiger partial charge in [0.2, 0.25) is 0 Å². The average molecular weight is 304 g/mol. The highest BCUT2D eigenvalue weighted by atomic mass is 79.9. The molecular formula is C11H12BrF2N3. The van der Waals surface area contributed by atoms with Crippen LogP contribution in [0, 0.1) is 11.6 Å². The molecule has 0 saturated heterocycles. The van der Waals surface area contributed by atoms with Gasteiger partial charge in [0, 0.05) is 24.1 Å². The Morgan fingerprint density at radius 2 is 2.12 bits per heavy atom. The predicted molar refractivity (Wildman–Crippen MR) is 65.8 cm³/mol. The minimum atomic E-state index is -0.853. The van der Waals surface area contributed by atoms with Crippen LogP contribution in [-0.2, 0) is 6.54 Å². The first-order valence-corrected chi connectivity index (χ1v) is 6.12. The van der Waals surface area contributed by atoms with E-state index < -0.39 is 11.6 Å². The van der Waals surface area contributed by atoms with Gasteiger partial charge in [0.15, 0.2) is 17.6 Å². The number of halogens is 3. The van der Waals surface area contributed by atoms with Crippen LogP contribution in [-0.4, -0.2) is 19.0 Å². The summed E-state index contributed by atoms with van der Waals surface area (Å²) in [5.74, 6) is -0.995. The number of hydrogen-bond acceptors (Lipinski definition) is 3. The number of guanidine groups is 1. The summed E-state index contributed by atoms with van der Waals surface area (Å²) in [6.45, 7) is 2.06. The van der Waals surface area contributed by atoms with Crippen LogP contribution in [0.15, 0.2) is 21.6 Å². The van der Waals surface area contributed by atoms with Gasteiger partial charge in [-0.2, -0.15) is 0 Å². The lowest BCUT2D eigenvalue weighted by Crippen LogP contribution is -2.40. The van der Waals surface area contributed by atoms with Crippen molar-refractivity contribution in [1.29, 1.82) is 0 Å². The van der Waals surface area contributed by atoms with Crippen LogP contribution in [0.3, 0.4) is 0 Å². The largest absolute Gasteiger partial charge is 0.356 e. The Kier molecular flexibility index (Phi) is 3.93. The van der Waals surface area contributed by atoms with Crippen molar-refractivity contribution < 1.29 is 8.78 Å². The number of nitrogens with one attached hydrogen (secondary N) is 2. The maximum Gasteiger partial charge on any atom is 0.191 e. The molecule has 2 rings (SSSR count). The van der Waals surface area contributed by atoms with Crippen molar-refractivity contribution in [2.45, 2.75) is 13.0 Å². The van der Waals surface area contributed by atoms with E-state index in [1.165, 1.54) is 6.07 Å². The van der Waals surface area contributed by atoms with E-state index in [0.717, 1.165) is 25.6 Å². The molecule has 1 aliphatic heterocycles. The molecule has 3 nitrogen and oxygen atoms in total. The third-order valence-corrected chi connectivity index (χ3v) is 3.17. The molecule has 1 aromatic carbocycles. The highest BCUT2D eigenvalue weighted by Gasteiger charge is 2.09. The lowest BCUT2D eigenvalue weighted by atomic mass is 10.2. The lowest BCUT2D eigenvalue weighted by Gasteiger charge is -2.16. The molecule has 0 amide bonds. The first-order valence-electron chi connectivity index (χ1n) is 5.32. The molecule has 17 heavy (non-hydrogen) atoms. The van der Waals surface area contributed by atoms with E-state index in [9.17, 15) is 8.78 Å². The van der Waals surface area contributed by atoms with Crippen LogP contribution >= 0.6 is 15.9 Å². The molecule has 0 bridgehead atoms. The highest BCUT2D eigenvalue weighted by Crippen LogP contribution is 2.20. The van der Waals surface area contributed by atoms with E-state index in [1.807, 2.05) is 0 Å². The second-order valence-corrected chi connectivity index (χ2v) is 4.58. The Hall–Kier alpha value is -1.17. The topological polar surface area (TPSA) is 36.4 Å². The molecule has 2 N–H and O–H groups in total. The van der Waals surface area contributed by atoms with E-state index in [1.54, 1.807) is 0 Å². The van der Waals surface area contributed by atoms with Gasteiger partial charge in [0.1, 0.15) is 0 Å². The number of benzene rings is 1. The van der Waals surface area contributed by atoms with Gasteiger partial charge in [0.25, 0.3) is 0 Å². The van der Waals surface area contributed by atoms with E-state index in [0.29, 0.717) is 22.5 Å². The zero-order chi connectivity index (χ0) is 12.3. The Bertz CT molecular complexity index is 449. The van der Waals surface area contributed by atoms with Crippen LogP contribution < -0.4 is 10.6 Å². The van der Waals surface area contributed by atoms with Gasteiger partial charge in [0.05, 0.1) is 0 Å². The fourth-order valence-corrected chi connectivity index (χ4v) is 1.98. The minimum Gasteiger partial charge on any atom is -0.356 e. The molecule has 1 aliphatic rings. The summed E-state index contributed by atoms with van der Waals surface area (Å²) < 4.78 is 26.5. The summed E-state index contributed by atoms with van der Waals surface area (Å²) in [5, 5.41) is 6.14. The molecule has 0 atom stereocenters. The van der Waals surface area contributed by atoms with Gasteiger partial charge in [-0.05, 0) is 24.1 Å². The van der Waals surface area contributed by atoms with Crippen molar-refractivity contribution in [3.05, 3.63) is 33.8 Å². The number of aliphatic imine (C=N–C) groups is 1.